The van der Waals surface area contributed by atoms with Crippen molar-refractivity contribution in [3.8, 4) is 0 Å². The third-order valence-corrected chi connectivity index (χ3v) is 4.27. The van der Waals surface area contributed by atoms with Crippen LogP contribution in [-0.4, -0.2) is 24.5 Å². The van der Waals surface area contributed by atoms with E-state index in [1.807, 2.05) is 25.7 Å². The van der Waals surface area contributed by atoms with E-state index in [1.54, 1.807) is 19.2 Å². The molecule has 1 saturated carbocycles. The summed E-state index contributed by atoms with van der Waals surface area (Å²) in [6.07, 6.45) is 2.14. The summed E-state index contributed by atoms with van der Waals surface area (Å²) in [4.78, 5) is 14.2. The number of amides is 1. The van der Waals surface area contributed by atoms with E-state index < -0.39 is 0 Å². The predicted molar refractivity (Wildman–Crippen MR) is 84.5 cm³/mol. The van der Waals surface area contributed by atoms with Crippen LogP contribution in [0.15, 0.2) is 35.6 Å². The van der Waals surface area contributed by atoms with Gasteiger partial charge >= 0.3 is 0 Å². The van der Waals surface area contributed by atoms with Crippen molar-refractivity contribution in [2.75, 3.05) is 13.7 Å². The molecule has 0 saturated heterocycles. The maximum Gasteiger partial charge on any atom is 0.253 e. The van der Waals surface area contributed by atoms with Crippen LogP contribution in [0.25, 0.3) is 0 Å². The van der Waals surface area contributed by atoms with Crippen LogP contribution in [0.3, 0.4) is 0 Å². The van der Waals surface area contributed by atoms with E-state index in [4.69, 9.17) is 4.74 Å². The Morgan fingerprint density at radius 2 is 1.82 bits per heavy atom. The minimum absolute atomic E-state index is 0.0173. The average molecular weight is 305 g/mol. The fraction of sp³-hybridized carbons (Fsp3) is 0.500. The maximum absolute atomic E-state index is 12.9. The average Bonchev–Trinajstić information content (AvgIpc) is 3.29. The van der Waals surface area contributed by atoms with E-state index in [2.05, 4.69) is 0 Å². The molecule has 1 aliphatic heterocycles. The number of carbonyl (C=O) groups is 1. The van der Waals surface area contributed by atoms with Crippen LogP contribution >= 0.6 is 0 Å². The van der Waals surface area contributed by atoms with Gasteiger partial charge in [0.1, 0.15) is 11.6 Å². The number of rotatable bonds is 3. The summed E-state index contributed by atoms with van der Waals surface area (Å²) in [5.41, 5.74) is 1.69. The second-order valence-electron chi connectivity index (χ2n) is 5.73. The lowest BCUT2D eigenvalue weighted by molar-refractivity contribution is -0.130. The highest BCUT2D eigenvalue weighted by molar-refractivity contribution is 5.94. The quantitative estimate of drug-likeness (QED) is 0.848. The number of carbonyl (C=O) groups excluding carboxylic acids is 1. The molecule has 1 aliphatic carbocycles. The topological polar surface area (TPSA) is 29.5 Å². The number of hydrogen-bond donors (Lipinski definition) is 0. The molecule has 0 aromatic heterocycles. The number of ether oxygens (including phenoxy) is 1. The van der Waals surface area contributed by atoms with Crippen LogP contribution in [0, 0.1) is 11.2 Å². The lowest BCUT2D eigenvalue weighted by Gasteiger charge is -2.34. The van der Waals surface area contributed by atoms with Gasteiger partial charge in [0.25, 0.3) is 5.91 Å². The second kappa shape index (κ2) is 6.51. The summed E-state index contributed by atoms with van der Waals surface area (Å²) < 4.78 is 18.4. The molecule has 1 heterocycles. The van der Waals surface area contributed by atoms with Crippen molar-refractivity contribution in [3.63, 3.8) is 0 Å². The summed E-state index contributed by atoms with van der Waals surface area (Å²) in [5, 5.41) is 0. The van der Waals surface area contributed by atoms with E-state index in [1.165, 1.54) is 12.1 Å². The van der Waals surface area contributed by atoms with Crippen molar-refractivity contribution in [2.24, 2.45) is 5.41 Å². The Morgan fingerprint density at radius 1 is 1.23 bits per heavy atom. The van der Waals surface area contributed by atoms with Crippen molar-refractivity contribution in [1.82, 2.24) is 4.90 Å². The lowest BCUT2D eigenvalue weighted by atomic mass is 9.94. The first-order valence-corrected chi connectivity index (χ1v) is 7.85. The highest BCUT2D eigenvalue weighted by Crippen LogP contribution is 2.55. The molecule has 0 atom stereocenters. The van der Waals surface area contributed by atoms with Crippen molar-refractivity contribution >= 4 is 5.91 Å². The zero-order chi connectivity index (χ0) is 16.3. The highest BCUT2D eigenvalue weighted by atomic mass is 19.1. The standard InChI is InChI=1S/C16H18FNO2.C2H6/c1-11-14(20-2)16(7-8-16)10-18(15(11)19)9-12-3-5-13(17)6-4-12;1-2/h3-6H,7-10H2,1-2H3;1-2H3. The van der Waals surface area contributed by atoms with Gasteiger partial charge in [-0.25, -0.2) is 4.39 Å². The minimum Gasteiger partial charge on any atom is -0.500 e. The molecule has 4 heteroatoms. The zero-order valence-electron chi connectivity index (χ0n) is 13.8. The Hall–Kier alpha value is -1.84. The zero-order valence-corrected chi connectivity index (χ0v) is 13.8. The molecule has 1 amide bonds. The molecule has 120 valence electrons. The van der Waals surface area contributed by atoms with Crippen molar-refractivity contribution in [3.05, 3.63) is 47.0 Å². The first-order chi connectivity index (χ1) is 10.6. The van der Waals surface area contributed by atoms with Gasteiger partial charge in [-0.15, -0.1) is 0 Å². The number of benzene rings is 1. The molecule has 1 aromatic rings. The Bertz CT molecular complexity index is 573. The molecule has 2 aliphatic rings. The SMILES string of the molecule is CC.COC1=C(C)C(=O)N(Cc2ccc(F)cc2)CC12CC2. The smallest absolute Gasteiger partial charge is 0.253 e. The minimum atomic E-state index is -0.255. The van der Waals surface area contributed by atoms with E-state index in [9.17, 15) is 9.18 Å². The van der Waals surface area contributed by atoms with E-state index >= 15 is 0 Å². The van der Waals surface area contributed by atoms with E-state index in [0.717, 1.165) is 24.2 Å². The molecule has 1 spiro atoms. The van der Waals surface area contributed by atoms with Crippen molar-refractivity contribution < 1.29 is 13.9 Å². The molecule has 22 heavy (non-hydrogen) atoms. The lowest BCUT2D eigenvalue weighted by Crippen LogP contribution is -2.42. The van der Waals surface area contributed by atoms with Crippen LogP contribution in [0.2, 0.25) is 0 Å². The third-order valence-electron chi connectivity index (χ3n) is 4.27. The first-order valence-electron chi connectivity index (χ1n) is 7.85. The van der Waals surface area contributed by atoms with Gasteiger partial charge in [0.2, 0.25) is 0 Å². The van der Waals surface area contributed by atoms with E-state index in [0.29, 0.717) is 18.7 Å². The molecule has 0 radical (unpaired) electrons. The van der Waals surface area contributed by atoms with Gasteiger partial charge in [-0.2, -0.15) is 0 Å². The third kappa shape index (κ3) is 3.01. The summed E-state index contributed by atoms with van der Waals surface area (Å²) in [7, 11) is 1.64. The summed E-state index contributed by atoms with van der Waals surface area (Å²) >= 11 is 0. The molecular formula is C18H24FNO2. The van der Waals surface area contributed by atoms with Gasteiger partial charge in [0.15, 0.2) is 0 Å². The monoisotopic (exact) mass is 305 g/mol. The summed E-state index contributed by atoms with van der Waals surface area (Å²) in [6, 6.07) is 6.32. The molecule has 1 aromatic carbocycles. The normalized spacial score (nSPS) is 19.0. The summed E-state index contributed by atoms with van der Waals surface area (Å²) in [5.74, 6) is 0.622. The first kappa shape index (κ1) is 16.5. The van der Waals surface area contributed by atoms with Gasteiger partial charge in [0, 0.05) is 18.5 Å². The molecular weight excluding hydrogens is 281 g/mol. The second-order valence-corrected chi connectivity index (χ2v) is 5.73. The number of methoxy groups -OCH3 is 1. The number of nitrogens with zero attached hydrogens (tertiary/aromatic N) is 1. The van der Waals surface area contributed by atoms with Crippen molar-refractivity contribution in [2.45, 2.75) is 40.2 Å². The Labute approximate surface area is 131 Å². The number of hydrogen-bond acceptors (Lipinski definition) is 2. The Kier molecular flexibility index (Phi) is 4.89. The van der Waals surface area contributed by atoms with Crippen LogP contribution in [-0.2, 0) is 16.1 Å². The van der Waals surface area contributed by atoms with Gasteiger partial charge in [0.05, 0.1) is 12.7 Å². The molecule has 0 unspecified atom stereocenters. The summed E-state index contributed by atoms with van der Waals surface area (Å²) in [6.45, 7) is 7.05. The Morgan fingerprint density at radius 3 is 2.32 bits per heavy atom. The maximum atomic E-state index is 12.9. The molecule has 3 rings (SSSR count). The number of halogens is 1. The van der Waals surface area contributed by atoms with Gasteiger partial charge in [-0.05, 0) is 37.5 Å². The Balaban J connectivity index is 0.000000847. The van der Waals surface area contributed by atoms with Gasteiger partial charge in [-0.3, -0.25) is 4.79 Å². The fourth-order valence-electron chi connectivity index (χ4n) is 3.08. The van der Waals surface area contributed by atoms with Gasteiger partial charge < -0.3 is 9.64 Å². The molecule has 1 fully saturated rings. The van der Waals surface area contributed by atoms with Gasteiger partial charge in [-0.1, -0.05) is 26.0 Å². The fourth-order valence-corrected chi connectivity index (χ4v) is 3.08. The molecule has 0 N–H and O–H groups in total. The predicted octanol–water partition coefficient (Wildman–Crippen LogP) is 3.89. The molecule has 0 bridgehead atoms. The molecule has 3 nitrogen and oxygen atoms in total. The van der Waals surface area contributed by atoms with Crippen LogP contribution in [0.5, 0.6) is 0 Å². The van der Waals surface area contributed by atoms with Crippen LogP contribution < -0.4 is 0 Å². The largest absolute Gasteiger partial charge is 0.500 e. The van der Waals surface area contributed by atoms with E-state index in [-0.39, 0.29) is 17.1 Å². The van der Waals surface area contributed by atoms with Crippen molar-refractivity contribution in [1.29, 1.82) is 0 Å². The van der Waals surface area contributed by atoms with Crippen LogP contribution in [0.1, 0.15) is 39.2 Å². The highest BCUT2D eigenvalue weighted by Gasteiger charge is 2.53. The van der Waals surface area contributed by atoms with Crippen LogP contribution in [0.4, 0.5) is 4.39 Å².